The minimum absolute atomic E-state index is 0.000701. The molecule has 0 fully saturated rings. The van der Waals surface area contributed by atoms with Crippen molar-refractivity contribution in [3.63, 3.8) is 0 Å². The van der Waals surface area contributed by atoms with Gasteiger partial charge in [-0.1, -0.05) is 0 Å². The van der Waals surface area contributed by atoms with Crippen molar-refractivity contribution in [2.75, 3.05) is 0 Å². The molecule has 0 radical (unpaired) electrons. The minimum Gasteiger partial charge on any atom is -0.472 e. The van der Waals surface area contributed by atoms with E-state index in [2.05, 4.69) is 10.1 Å². The van der Waals surface area contributed by atoms with Gasteiger partial charge in [0.2, 0.25) is 0 Å². The molecule has 0 N–H and O–H groups in total. The predicted molar refractivity (Wildman–Crippen MR) is 99.4 cm³/mol. The monoisotopic (exact) mass is 423 g/mol. The molecule has 158 valence electrons. The van der Waals surface area contributed by atoms with E-state index in [-0.39, 0.29) is 28.6 Å². The number of ether oxygens (including phenoxy) is 1. The van der Waals surface area contributed by atoms with Crippen LogP contribution in [0.2, 0.25) is 0 Å². The van der Waals surface area contributed by atoms with Gasteiger partial charge in [-0.25, -0.2) is 18.9 Å². The molecule has 3 rings (SSSR count). The van der Waals surface area contributed by atoms with E-state index >= 15 is 0 Å². The summed E-state index contributed by atoms with van der Waals surface area (Å²) in [7, 11) is 0. The molecule has 0 amide bonds. The standard InChI is InChI=1S/C20H17F4N3O3/c1-12(2)30-19(28)17(14-3-4-29-10-14)9-27-11-25-18(26-27)15-5-13(8-21)6-16(7-15)20(22,23)24/h3-7,9-12H,8H2,1-2H3. The average molecular weight is 423 g/mol. The van der Waals surface area contributed by atoms with Crippen LogP contribution in [0, 0.1) is 0 Å². The summed E-state index contributed by atoms with van der Waals surface area (Å²) in [4.78, 5) is 16.4. The molecule has 0 aliphatic heterocycles. The number of carbonyl (C=O) groups excluding carboxylic acids is 1. The minimum atomic E-state index is -4.64. The second-order valence-electron chi connectivity index (χ2n) is 6.61. The van der Waals surface area contributed by atoms with E-state index < -0.39 is 24.4 Å². The first-order valence-electron chi connectivity index (χ1n) is 8.81. The summed E-state index contributed by atoms with van der Waals surface area (Å²) in [6, 6.07) is 4.36. The van der Waals surface area contributed by atoms with Crippen LogP contribution in [0.25, 0.3) is 23.2 Å². The maximum atomic E-state index is 13.1. The fourth-order valence-corrected chi connectivity index (χ4v) is 2.60. The Labute approximate surface area is 168 Å². The van der Waals surface area contributed by atoms with Crippen molar-refractivity contribution in [1.82, 2.24) is 14.8 Å². The van der Waals surface area contributed by atoms with Crippen LogP contribution >= 0.6 is 0 Å². The summed E-state index contributed by atoms with van der Waals surface area (Å²) < 4.78 is 63.7. The van der Waals surface area contributed by atoms with Crippen molar-refractivity contribution in [1.29, 1.82) is 0 Å². The highest BCUT2D eigenvalue weighted by Gasteiger charge is 2.31. The number of halogens is 4. The molecule has 30 heavy (non-hydrogen) atoms. The molecule has 0 spiro atoms. The smallest absolute Gasteiger partial charge is 0.416 e. The number of carbonyl (C=O) groups is 1. The Kier molecular flexibility index (Phi) is 6.04. The lowest BCUT2D eigenvalue weighted by Crippen LogP contribution is -2.13. The maximum Gasteiger partial charge on any atom is 0.416 e. The van der Waals surface area contributed by atoms with E-state index in [4.69, 9.17) is 9.15 Å². The molecule has 1 aromatic carbocycles. The molecular weight excluding hydrogens is 406 g/mol. The second kappa shape index (κ2) is 8.52. The molecular formula is C20H17F4N3O3. The van der Waals surface area contributed by atoms with E-state index in [0.717, 1.165) is 16.8 Å². The van der Waals surface area contributed by atoms with Crippen LogP contribution in [0.5, 0.6) is 0 Å². The van der Waals surface area contributed by atoms with Crippen LogP contribution in [0.4, 0.5) is 17.6 Å². The number of esters is 1. The molecule has 2 aromatic heterocycles. The Balaban J connectivity index is 2.00. The summed E-state index contributed by atoms with van der Waals surface area (Å²) in [6.45, 7) is 2.31. The van der Waals surface area contributed by atoms with Gasteiger partial charge < -0.3 is 9.15 Å². The van der Waals surface area contributed by atoms with Gasteiger partial charge in [0.05, 0.1) is 29.8 Å². The van der Waals surface area contributed by atoms with E-state index in [1.54, 1.807) is 19.9 Å². The first-order chi connectivity index (χ1) is 14.2. The summed E-state index contributed by atoms with van der Waals surface area (Å²) in [6.07, 6.45) is 0.231. The lowest BCUT2D eigenvalue weighted by Gasteiger charge is -2.10. The number of rotatable bonds is 6. The highest BCUT2D eigenvalue weighted by Crippen LogP contribution is 2.33. The van der Waals surface area contributed by atoms with E-state index in [0.29, 0.717) is 5.56 Å². The summed E-state index contributed by atoms with van der Waals surface area (Å²) in [5.41, 5.74) is -0.608. The van der Waals surface area contributed by atoms with Gasteiger partial charge in [0.25, 0.3) is 0 Å². The molecule has 10 heteroatoms. The van der Waals surface area contributed by atoms with Gasteiger partial charge in [0.15, 0.2) is 5.82 Å². The third-order valence-electron chi connectivity index (χ3n) is 3.90. The number of furan rings is 1. The van der Waals surface area contributed by atoms with Gasteiger partial charge >= 0.3 is 12.1 Å². The largest absolute Gasteiger partial charge is 0.472 e. The van der Waals surface area contributed by atoms with E-state index in [1.165, 1.54) is 31.1 Å². The summed E-state index contributed by atoms with van der Waals surface area (Å²) in [5.74, 6) is -0.696. The third kappa shape index (κ3) is 4.94. The molecule has 3 aromatic rings. The van der Waals surface area contributed by atoms with Crippen LogP contribution in [0.15, 0.2) is 47.5 Å². The number of hydrogen-bond donors (Lipinski definition) is 0. The SMILES string of the molecule is CC(C)OC(=O)C(=Cn1cnc(-c2cc(CF)cc(C(F)(F)F)c2)n1)c1ccoc1. The molecule has 0 atom stereocenters. The van der Waals surface area contributed by atoms with Gasteiger partial charge in [-0.3, -0.25) is 0 Å². The van der Waals surface area contributed by atoms with Gasteiger partial charge in [-0.15, -0.1) is 5.10 Å². The topological polar surface area (TPSA) is 70.2 Å². The Morgan fingerprint density at radius 3 is 2.67 bits per heavy atom. The van der Waals surface area contributed by atoms with Crippen LogP contribution in [-0.4, -0.2) is 26.8 Å². The Morgan fingerprint density at radius 2 is 2.07 bits per heavy atom. The van der Waals surface area contributed by atoms with E-state index in [1.807, 2.05) is 0 Å². The lowest BCUT2D eigenvalue weighted by molar-refractivity contribution is -0.140. The predicted octanol–water partition coefficient (Wildman–Crippen LogP) is 4.98. The summed E-state index contributed by atoms with van der Waals surface area (Å²) in [5, 5.41) is 4.09. The van der Waals surface area contributed by atoms with Crippen molar-refractivity contribution in [3.8, 4) is 11.4 Å². The number of nitrogens with zero attached hydrogens (tertiary/aromatic N) is 3. The van der Waals surface area contributed by atoms with E-state index in [9.17, 15) is 22.4 Å². The average Bonchev–Trinajstić information content (AvgIpc) is 3.36. The van der Waals surface area contributed by atoms with Crippen molar-refractivity contribution < 1.29 is 31.5 Å². The fraction of sp³-hybridized carbons (Fsp3) is 0.250. The van der Waals surface area contributed by atoms with Gasteiger partial charge in [0.1, 0.15) is 13.0 Å². The Hall–Kier alpha value is -3.43. The number of benzene rings is 1. The first-order valence-corrected chi connectivity index (χ1v) is 8.81. The van der Waals surface area contributed by atoms with Crippen LogP contribution in [0.1, 0.15) is 30.5 Å². The molecule has 0 unspecified atom stereocenters. The van der Waals surface area contributed by atoms with Crippen molar-refractivity contribution >= 4 is 17.7 Å². The molecule has 0 saturated heterocycles. The number of aromatic nitrogens is 3. The highest BCUT2D eigenvalue weighted by atomic mass is 19.4. The lowest BCUT2D eigenvalue weighted by atomic mass is 10.1. The molecule has 0 bridgehead atoms. The van der Waals surface area contributed by atoms with Gasteiger partial charge in [0, 0.05) is 17.3 Å². The first kappa shape index (κ1) is 21.3. The zero-order valence-electron chi connectivity index (χ0n) is 16.0. The maximum absolute atomic E-state index is 13.1. The van der Waals surface area contributed by atoms with Crippen LogP contribution in [0.3, 0.4) is 0 Å². The van der Waals surface area contributed by atoms with Crippen LogP contribution in [-0.2, 0) is 22.4 Å². The third-order valence-corrected chi connectivity index (χ3v) is 3.90. The van der Waals surface area contributed by atoms with Gasteiger partial charge in [-0.2, -0.15) is 13.2 Å². The molecule has 0 saturated carbocycles. The van der Waals surface area contributed by atoms with Crippen molar-refractivity contribution in [2.24, 2.45) is 0 Å². The zero-order valence-corrected chi connectivity index (χ0v) is 16.0. The fourth-order valence-electron chi connectivity index (χ4n) is 2.60. The molecule has 0 aliphatic carbocycles. The molecule has 6 nitrogen and oxygen atoms in total. The zero-order chi connectivity index (χ0) is 21.9. The Morgan fingerprint density at radius 1 is 1.30 bits per heavy atom. The summed E-state index contributed by atoms with van der Waals surface area (Å²) >= 11 is 0. The molecule has 0 aliphatic rings. The Bertz CT molecular complexity index is 1050. The van der Waals surface area contributed by atoms with Crippen LogP contribution < -0.4 is 0 Å². The number of hydrogen-bond acceptors (Lipinski definition) is 5. The van der Waals surface area contributed by atoms with Crippen molar-refractivity contribution in [2.45, 2.75) is 32.8 Å². The van der Waals surface area contributed by atoms with Gasteiger partial charge in [-0.05, 0) is 43.7 Å². The van der Waals surface area contributed by atoms with Crippen molar-refractivity contribution in [3.05, 3.63) is 59.8 Å². The number of alkyl halides is 4. The normalized spacial score (nSPS) is 12.4. The highest BCUT2D eigenvalue weighted by molar-refractivity contribution is 6.20. The molecule has 2 heterocycles. The quantitative estimate of drug-likeness (QED) is 0.318. The second-order valence-corrected chi connectivity index (χ2v) is 6.61.